The SMILES string of the molecule is CNCc1nc(C)ccc1OC(C)CCOC. The molecule has 1 aromatic rings. The third kappa shape index (κ3) is 4.71. The van der Waals surface area contributed by atoms with Crippen molar-refractivity contribution < 1.29 is 9.47 Å². The highest BCUT2D eigenvalue weighted by Gasteiger charge is 2.09. The Morgan fingerprint density at radius 2 is 2.18 bits per heavy atom. The Kier molecular flexibility index (Phi) is 5.94. The van der Waals surface area contributed by atoms with Gasteiger partial charge in [-0.25, -0.2) is 0 Å². The third-order valence-electron chi connectivity index (χ3n) is 2.47. The summed E-state index contributed by atoms with van der Waals surface area (Å²) in [6.07, 6.45) is 1.01. The van der Waals surface area contributed by atoms with E-state index in [9.17, 15) is 0 Å². The molecule has 0 spiro atoms. The van der Waals surface area contributed by atoms with Gasteiger partial charge in [0.2, 0.25) is 0 Å². The van der Waals surface area contributed by atoms with E-state index in [1.54, 1.807) is 7.11 Å². The molecular weight excluding hydrogens is 216 g/mol. The molecule has 0 aliphatic carbocycles. The number of methoxy groups -OCH3 is 1. The summed E-state index contributed by atoms with van der Waals surface area (Å²) in [4.78, 5) is 4.48. The first-order valence-electron chi connectivity index (χ1n) is 5.94. The zero-order chi connectivity index (χ0) is 12.7. The van der Waals surface area contributed by atoms with Crippen LogP contribution in [-0.4, -0.2) is 31.9 Å². The van der Waals surface area contributed by atoms with Crippen LogP contribution in [0.15, 0.2) is 12.1 Å². The summed E-state index contributed by atoms with van der Waals surface area (Å²) >= 11 is 0. The smallest absolute Gasteiger partial charge is 0.142 e. The molecule has 1 unspecified atom stereocenters. The van der Waals surface area contributed by atoms with E-state index >= 15 is 0 Å². The lowest BCUT2D eigenvalue weighted by Gasteiger charge is -2.17. The normalized spacial score (nSPS) is 12.5. The molecule has 0 aliphatic heterocycles. The molecular formula is C13H22N2O2. The maximum absolute atomic E-state index is 5.87. The van der Waals surface area contributed by atoms with E-state index < -0.39 is 0 Å². The van der Waals surface area contributed by atoms with Gasteiger partial charge >= 0.3 is 0 Å². The Bertz CT molecular complexity index is 342. The van der Waals surface area contributed by atoms with Crippen molar-refractivity contribution in [2.24, 2.45) is 0 Å². The van der Waals surface area contributed by atoms with Crippen LogP contribution in [0.4, 0.5) is 0 Å². The minimum atomic E-state index is 0.134. The van der Waals surface area contributed by atoms with Gasteiger partial charge in [0.1, 0.15) is 5.75 Å². The van der Waals surface area contributed by atoms with Crippen LogP contribution < -0.4 is 10.1 Å². The van der Waals surface area contributed by atoms with Gasteiger partial charge < -0.3 is 14.8 Å². The largest absolute Gasteiger partial charge is 0.489 e. The van der Waals surface area contributed by atoms with E-state index in [4.69, 9.17) is 9.47 Å². The summed E-state index contributed by atoms with van der Waals surface area (Å²) in [6, 6.07) is 3.95. The van der Waals surface area contributed by atoms with Crippen molar-refractivity contribution in [2.75, 3.05) is 20.8 Å². The fourth-order valence-electron chi connectivity index (χ4n) is 1.56. The van der Waals surface area contributed by atoms with Crippen molar-refractivity contribution in [3.05, 3.63) is 23.5 Å². The second-order valence-corrected chi connectivity index (χ2v) is 4.14. The van der Waals surface area contributed by atoms with E-state index in [2.05, 4.69) is 10.3 Å². The average molecular weight is 238 g/mol. The molecule has 1 rings (SSSR count). The Morgan fingerprint density at radius 1 is 1.41 bits per heavy atom. The average Bonchev–Trinajstić information content (AvgIpc) is 2.30. The van der Waals surface area contributed by atoms with E-state index in [0.717, 1.165) is 23.6 Å². The molecule has 0 radical (unpaired) electrons. The van der Waals surface area contributed by atoms with Crippen LogP contribution in [0.25, 0.3) is 0 Å². The highest BCUT2D eigenvalue weighted by atomic mass is 16.5. The Morgan fingerprint density at radius 3 is 2.82 bits per heavy atom. The molecule has 0 saturated carbocycles. The van der Waals surface area contributed by atoms with Gasteiger partial charge in [-0.05, 0) is 33.0 Å². The first kappa shape index (κ1) is 13.9. The van der Waals surface area contributed by atoms with Crippen LogP contribution in [0.1, 0.15) is 24.7 Å². The first-order chi connectivity index (χ1) is 8.17. The maximum atomic E-state index is 5.87. The molecule has 0 fully saturated rings. The van der Waals surface area contributed by atoms with E-state index in [1.165, 1.54) is 0 Å². The Balaban J connectivity index is 2.68. The second kappa shape index (κ2) is 7.25. The molecule has 1 aromatic heterocycles. The Labute approximate surface area is 103 Å². The summed E-state index contributed by atoms with van der Waals surface area (Å²) in [7, 11) is 3.61. The molecule has 0 bridgehead atoms. The van der Waals surface area contributed by atoms with Crippen molar-refractivity contribution in [1.29, 1.82) is 0 Å². The fraction of sp³-hybridized carbons (Fsp3) is 0.615. The lowest BCUT2D eigenvalue weighted by atomic mass is 10.2. The summed E-state index contributed by atoms with van der Waals surface area (Å²) in [5, 5.41) is 3.10. The second-order valence-electron chi connectivity index (χ2n) is 4.14. The molecule has 17 heavy (non-hydrogen) atoms. The number of rotatable bonds is 7. The Hall–Kier alpha value is -1.13. The van der Waals surface area contributed by atoms with E-state index in [1.807, 2.05) is 33.0 Å². The van der Waals surface area contributed by atoms with Crippen LogP contribution in [0.5, 0.6) is 5.75 Å². The number of hydrogen-bond donors (Lipinski definition) is 1. The molecule has 0 aliphatic rings. The number of nitrogens with zero attached hydrogens (tertiary/aromatic N) is 1. The highest BCUT2D eigenvalue weighted by Crippen LogP contribution is 2.19. The number of hydrogen-bond acceptors (Lipinski definition) is 4. The van der Waals surface area contributed by atoms with Crippen molar-refractivity contribution >= 4 is 0 Å². The maximum Gasteiger partial charge on any atom is 0.142 e. The van der Waals surface area contributed by atoms with Crippen molar-refractivity contribution in [3.63, 3.8) is 0 Å². The van der Waals surface area contributed by atoms with Gasteiger partial charge in [-0.15, -0.1) is 0 Å². The van der Waals surface area contributed by atoms with Crippen LogP contribution in [0.2, 0.25) is 0 Å². The zero-order valence-corrected chi connectivity index (χ0v) is 11.1. The number of aryl methyl sites for hydroxylation is 1. The lowest BCUT2D eigenvalue weighted by molar-refractivity contribution is 0.134. The van der Waals surface area contributed by atoms with E-state index in [0.29, 0.717) is 13.2 Å². The minimum absolute atomic E-state index is 0.134. The lowest BCUT2D eigenvalue weighted by Crippen LogP contribution is -2.17. The number of nitrogens with one attached hydrogen (secondary N) is 1. The van der Waals surface area contributed by atoms with Gasteiger partial charge in [-0.2, -0.15) is 0 Å². The van der Waals surface area contributed by atoms with Gasteiger partial charge in [0.25, 0.3) is 0 Å². The molecule has 0 aromatic carbocycles. The van der Waals surface area contributed by atoms with Crippen LogP contribution >= 0.6 is 0 Å². The van der Waals surface area contributed by atoms with Crippen molar-refractivity contribution in [1.82, 2.24) is 10.3 Å². The van der Waals surface area contributed by atoms with Gasteiger partial charge in [0, 0.05) is 32.4 Å². The highest BCUT2D eigenvalue weighted by molar-refractivity contribution is 5.29. The molecule has 4 heteroatoms. The van der Waals surface area contributed by atoms with Gasteiger partial charge in [-0.3, -0.25) is 4.98 Å². The molecule has 1 N–H and O–H groups in total. The fourth-order valence-corrected chi connectivity index (χ4v) is 1.56. The van der Waals surface area contributed by atoms with Crippen molar-refractivity contribution in [2.45, 2.75) is 32.9 Å². The molecule has 1 atom stereocenters. The monoisotopic (exact) mass is 238 g/mol. The molecule has 4 nitrogen and oxygen atoms in total. The number of pyridine rings is 1. The molecule has 0 saturated heterocycles. The van der Waals surface area contributed by atoms with Crippen molar-refractivity contribution in [3.8, 4) is 5.75 Å². The summed E-state index contributed by atoms with van der Waals surface area (Å²) in [5.74, 6) is 0.855. The molecule has 1 heterocycles. The topological polar surface area (TPSA) is 43.4 Å². The summed E-state index contributed by atoms with van der Waals surface area (Å²) in [6.45, 7) is 5.45. The van der Waals surface area contributed by atoms with Crippen LogP contribution in [0.3, 0.4) is 0 Å². The summed E-state index contributed by atoms with van der Waals surface area (Å²) < 4.78 is 10.9. The predicted molar refractivity (Wildman–Crippen MR) is 68.3 cm³/mol. The van der Waals surface area contributed by atoms with Crippen LogP contribution in [-0.2, 0) is 11.3 Å². The standard InChI is InChI=1S/C13H22N2O2/c1-10-5-6-13(12(15-10)9-14-3)17-11(2)7-8-16-4/h5-6,11,14H,7-9H2,1-4H3. The minimum Gasteiger partial charge on any atom is -0.489 e. The molecule has 96 valence electrons. The van der Waals surface area contributed by atoms with Gasteiger partial charge in [0.05, 0.1) is 11.8 Å². The summed E-state index contributed by atoms with van der Waals surface area (Å²) in [5.41, 5.74) is 1.96. The van der Waals surface area contributed by atoms with E-state index in [-0.39, 0.29) is 6.10 Å². The van der Waals surface area contributed by atoms with Gasteiger partial charge in [-0.1, -0.05) is 0 Å². The quantitative estimate of drug-likeness (QED) is 0.788. The number of ether oxygens (including phenoxy) is 2. The number of aromatic nitrogens is 1. The molecule has 0 amide bonds. The van der Waals surface area contributed by atoms with Crippen LogP contribution in [0, 0.1) is 6.92 Å². The predicted octanol–water partition coefficient (Wildman–Crippen LogP) is 1.91. The third-order valence-corrected chi connectivity index (χ3v) is 2.47. The zero-order valence-electron chi connectivity index (χ0n) is 11.1. The van der Waals surface area contributed by atoms with Gasteiger partial charge in [0.15, 0.2) is 0 Å². The first-order valence-corrected chi connectivity index (χ1v) is 5.94.